The van der Waals surface area contributed by atoms with Crippen molar-refractivity contribution in [3.8, 4) is 0 Å². The van der Waals surface area contributed by atoms with E-state index in [2.05, 4.69) is 12.2 Å². The Morgan fingerprint density at radius 2 is 2.03 bits per heavy atom. The largest absolute Gasteiger partial charge is 0.454 e. The molecule has 7 heteroatoms. The number of rotatable bonds is 10. The molecule has 0 radical (unpaired) electrons. The third kappa shape index (κ3) is 5.98. The first-order valence-electron chi connectivity index (χ1n) is 10.9. The summed E-state index contributed by atoms with van der Waals surface area (Å²) in [6, 6.07) is 7.80. The smallest absolute Gasteiger partial charge is 0.287 e. The van der Waals surface area contributed by atoms with Gasteiger partial charge in [-0.25, -0.2) is 0 Å². The topological polar surface area (TPSA) is 76.7 Å². The second-order valence-corrected chi connectivity index (χ2v) is 7.95. The number of methoxy groups -OCH3 is 1. The van der Waals surface area contributed by atoms with Crippen molar-refractivity contribution < 1.29 is 18.7 Å². The minimum absolute atomic E-state index is 0.0215. The third-order valence-electron chi connectivity index (χ3n) is 5.54. The number of aromatic nitrogens is 1. The van der Waals surface area contributed by atoms with E-state index in [1.54, 1.807) is 11.0 Å². The van der Waals surface area contributed by atoms with Gasteiger partial charge in [0, 0.05) is 31.6 Å². The molecule has 0 spiro atoms. The molecule has 2 heterocycles. The fourth-order valence-corrected chi connectivity index (χ4v) is 3.98. The number of carbonyl (C=O) groups excluding carboxylic acids is 2. The highest BCUT2D eigenvalue weighted by Gasteiger charge is 2.19. The molecule has 2 amide bonds. The maximum atomic E-state index is 12.5. The van der Waals surface area contributed by atoms with Gasteiger partial charge >= 0.3 is 0 Å². The molecule has 1 saturated carbocycles. The van der Waals surface area contributed by atoms with E-state index in [9.17, 15) is 9.59 Å². The van der Waals surface area contributed by atoms with Crippen LogP contribution >= 0.6 is 0 Å². The number of furan rings is 1. The number of carbonyl (C=O) groups is 2. The minimum Gasteiger partial charge on any atom is -0.454 e. The molecule has 7 nitrogen and oxygen atoms in total. The minimum atomic E-state index is -0.139. The second kappa shape index (κ2) is 11.0. The number of ether oxygens (including phenoxy) is 1. The normalized spacial score (nSPS) is 14.6. The molecule has 0 aliphatic heterocycles. The quantitative estimate of drug-likeness (QED) is 0.644. The number of hydrogen-bond donors (Lipinski definition) is 1. The molecule has 30 heavy (non-hydrogen) atoms. The van der Waals surface area contributed by atoms with Gasteiger partial charge in [0.2, 0.25) is 5.91 Å². The number of hydrogen-bond acceptors (Lipinski definition) is 4. The van der Waals surface area contributed by atoms with Gasteiger partial charge < -0.3 is 23.9 Å². The maximum absolute atomic E-state index is 12.5. The Morgan fingerprint density at radius 3 is 2.77 bits per heavy atom. The summed E-state index contributed by atoms with van der Waals surface area (Å²) in [4.78, 5) is 26.6. The molecule has 2 aromatic heterocycles. The summed E-state index contributed by atoms with van der Waals surface area (Å²) in [6.07, 6.45) is 8.53. The molecule has 1 N–H and O–H groups in total. The Kier molecular flexibility index (Phi) is 8.13. The van der Waals surface area contributed by atoms with Gasteiger partial charge in [-0.2, -0.15) is 0 Å². The van der Waals surface area contributed by atoms with Crippen molar-refractivity contribution in [3.05, 3.63) is 47.7 Å². The van der Waals surface area contributed by atoms with Crippen LogP contribution < -0.4 is 5.32 Å². The summed E-state index contributed by atoms with van der Waals surface area (Å²) in [7, 11) is 1.53. The van der Waals surface area contributed by atoms with E-state index in [1.807, 2.05) is 29.0 Å². The van der Waals surface area contributed by atoms with E-state index in [4.69, 9.17) is 9.15 Å². The van der Waals surface area contributed by atoms with Gasteiger partial charge in [-0.3, -0.25) is 9.59 Å². The SMILES string of the molecule is CCCN(Cc1cccn1Cc1ccc(C(=O)NC2CCCCC2)o1)C(=O)COC. The lowest BCUT2D eigenvalue weighted by Crippen LogP contribution is -2.35. The van der Waals surface area contributed by atoms with Crippen molar-refractivity contribution in [2.24, 2.45) is 0 Å². The van der Waals surface area contributed by atoms with Crippen LogP contribution in [-0.4, -0.2) is 47.6 Å². The first kappa shape index (κ1) is 22.2. The number of nitrogens with one attached hydrogen (secondary N) is 1. The molecular weight excluding hydrogens is 382 g/mol. The first-order valence-corrected chi connectivity index (χ1v) is 10.9. The zero-order chi connectivity index (χ0) is 21.3. The maximum Gasteiger partial charge on any atom is 0.287 e. The van der Waals surface area contributed by atoms with Gasteiger partial charge in [0.25, 0.3) is 5.91 Å². The zero-order valence-corrected chi connectivity index (χ0v) is 18.1. The lowest BCUT2D eigenvalue weighted by molar-refractivity contribution is -0.135. The number of amides is 2. The van der Waals surface area contributed by atoms with Crippen molar-refractivity contribution in [1.29, 1.82) is 0 Å². The predicted octanol–water partition coefficient (Wildman–Crippen LogP) is 3.58. The van der Waals surface area contributed by atoms with E-state index in [0.29, 0.717) is 31.2 Å². The van der Waals surface area contributed by atoms with Crippen LogP contribution in [0.25, 0.3) is 0 Å². The summed E-state index contributed by atoms with van der Waals surface area (Å²) >= 11 is 0. The van der Waals surface area contributed by atoms with Gasteiger partial charge in [-0.1, -0.05) is 26.2 Å². The van der Waals surface area contributed by atoms with Gasteiger partial charge in [0.05, 0.1) is 13.1 Å². The van der Waals surface area contributed by atoms with E-state index in [1.165, 1.54) is 26.4 Å². The van der Waals surface area contributed by atoms with Crippen LogP contribution in [0.2, 0.25) is 0 Å². The molecule has 1 aliphatic rings. The monoisotopic (exact) mass is 415 g/mol. The van der Waals surface area contributed by atoms with Crippen molar-refractivity contribution >= 4 is 11.8 Å². The Balaban J connectivity index is 1.61. The molecule has 0 aromatic carbocycles. The van der Waals surface area contributed by atoms with Gasteiger partial charge in [0.1, 0.15) is 12.4 Å². The van der Waals surface area contributed by atoms with Crippen molar-refractivity contribution in [2.45, 2.75) is 64.6 Å². The molecule has 0 saturated heterocycles. The Hall–Kier alpha value is -2.54. The lowest BCUT2D eigenvalue weighted by Gasteiger charge is -2.22. The van der Waals surface area contributed by atoms with Crippen molar-refractivity contribution in [2.75, 3.05) is 20.3 Å². The predicted molar refractivity (Wildman–Crippen MR) is 114 cm³/mol. The molecule has 1 fully saturated rings. The average molecular weight is 416 g/mol. The fraction of sp³-hybridized carbons (Fsp3) is 0.565. The van der Waals surface area contributed by atoms with Crippen LogP contribution in [0.5, 0.6) is 0 Å². The van der Waals surface area contributed by atoms with Crippen molar-refractivity contribution in [1.82, 2.24) is 14.8 Å². The van der Waals surface area contributed by atoms with E-state index in [-0.39, 0.29) is 24.5 Å². The van der Waals surface area contributed by atoms with Crippen LogP contribution in [0, 0.1) is 0 Å². The summed E-state index contributed by atoms with van der Waals surface area (Å²) in [5.74, 6) is 0.908. The standard InChI is InChI=1S/C23H33N3O4/c1-3-13-26(22(27)17-29-2)15-19-10-7-14-25(19)16-20-11-12-21(30-20)23(28)24-18-8-5-4-6-9-18/h7,10-12,14,18H,3-6,8-9,13,15-17H2,1-2H3,(H,24,28). The summed E-state index contributed by atoms with van der Waals surface area (Å²) in [6.45, 7) is 3.84. The molecule has 164 valence electrons. The zero-order valence-electron chi connectivity index (χ0n) is 18.1. The summed E-state index contributed by atoms with van der Waals surface area (Å²) in [5, 5.41) is 3.09. The van der Waals surface area contributed by atoms with Crippen LogP contribution in [0.4, 0.5) is 0 Å². The lowest BCUT2D eigenvalue weighted by atomic mass is 9.95. The summed E-state index contributed by atoms with van der Waals surface area (Å²) in [5.41, 5.74) is 1.01. The van der Waals surface area contributed by atoms with Crippen molar-refractivity contribution in [3.63, 3.8) is 0 Å². The second-order valence-electron chi connectivity index (χ2n) is 7.95. The summed E-state index contributed by atoms with van der Waals surface area (Å²) < 4.78 is 12.9. The van der Waals surface area contributed by atoms with E-state index in [0.717, 1.165) is 25.0 Å². The van der Waals surface area contributed by atoms with E-state index < -0.39 is 0 Å². The Labute approximate surface area is 178 Å². The van der Waals surface area contributed by atoms with Crippen LogP contribution in [0.15, 0.2) is 34.9 Å². The van der Waals surface area contributed by atoms with E-state index >= 15 is 0 Å². The van der Waals surface area contributed by atoms with Crippen LogP contribution in [-0.2, 0) is 22.6 Å². The highest BCUT2D eigenvalue weighted by molar-refractivity contribution is 5.91. The molecule has 1 aliphatic carbocycles. The fourth-order valence-electron chi connectivity index (χ4n) is 3.98. The molecule has 2 aromatic rings. The van der Waals surface area contributed by atoms with Gasteiger partial charge in [-0.05, 0) is 43.5 Å². The van der Waals surface area contributed by atoms with Crippen LogP contribution in [0.1, 0.15) is 67.5 Å². The van der Waals surface area contributed by atoms with Gasteiger partial charge in [-0.15, -0.1) is 0 Å². The average Bonchev–Trinajstić information content (AvgIpc) is 3.39. The molecule has 3 rings (SSSR count). The molecule has 0 atom stereocenters. The molecule has 0 bridgehead atoms. The number of nitrogens with zero attached hydrogens (tertiary/aromatic N) is 2. The first-order chi connectivity index (χ1) is 14.6. The molecule has 0 unspecified atom stereocenters. The molecular formula is C23H33N3O4. The van der Waals surface area contributed by atoms with Crippen LogP contribution in [0.3, 0.4) is 0 Å². The highest BCUT2D eigenvalue weighted by Crippen LogP contribution is 2.19. The van der Waals surface area contributed by atoms with Gasteiger partial charge in [0.15, 0.2) is 5.76 Å². The Bertz CT molecular complexity index is 820. The highest BCUT2D eigenvalue weighted by atomic mass is 16.5. The Morgan fingerprint density at radius 1 is 1.23 bits per heavy atom. The third-order valence-corrected chi connectivity index (χ3v) is 5.54.